The lowest BCUT2D eigenvalue weighted by Gasteiger charge is -2.07. The molecule has 5 nitrogen and oxygen atoms in total. The van der Waals surface area contributed by atoms with Crippen LogP contribution in [0.3, 0.4) is 0 Å². The molecule has 7 heteroatoms. The molecule has 2 aromatic carbocycles. The Labute approximate surface area is 170 Å². The molecule has 0 saturated carbocycles. The Hall–Kier alpha value is -2.70. The van der Waals surface area contributed by atoms with Crippen LogP contribution in [0.5, 0.6) is 5.75 Å². The van der Waals surface area contributed by atoms with E-state index in [9.17, 15) is 4.79 Å². The second-order valence-electron chi connectivity index (χ2n) is 6.29. The molecule has 0 radical (unpaired) electrons. The van der Waals surface area contributed by atoms with Gasteiger partial charge in [0.2, 0.25) is 4.96 Å². The molecule has 0 amide bonds. The average Bonchev–Trinajstić information content (AvgIpc) is 3.24. The number of hydrogen-bond acceptors (Lipinski definition) is 5. The van der Waals surface area contributed by atoms with Gasteiger partial charge in [0.15, 0.2) is 5.82 Å². The summed E-state index contributed by atoms with van der Waals surface area (Å²) in [6, 6.07) is 14.9. The molecular formula is C21H18ClN3O2S. The summed E-state index contributed by atoms with van der Waals surface area (Å²) in [5.74, 6) is 1.28. The predicted molar refractivity (Wildman–Crippen MR) is 113 cm³/mol. The fourth-order valence-electron chi connectivity index (χ4n) is 2.75. The van der Waals surface area contributed by atoms with Gasteiger partial charge in [-0.3, -0.25) is 4.79 Å². The van der Waals surface area contributed by atoms with E-state index in [1.54, 1.807) is 12.1 Å². The van der Waals surface area contributed by atoms with Crippen molar-refractivity contribution in [2.24, 2.45) is 0 Å². The number of halogens is 1. The molecule has 0 saturated heterocycles. The minimum atomic E-state index is -0.184. The predicted octanol–water partition coefficient (Wildman–Crippen LogP) is 4.20. The van der Waals surface area contributed by atoms with Crippen LogP contribution in [0.1, 0.15) is 25.3 Å². The smallest absolute Gasteiger partial charge is 0.291 e. The van der Waals surface area contributed by atoms with Crippen molar-refractivity contribution in [3.05, 3.63) is 74.0 Å². The highest BCUT2D eigenvalue weighted by Gasteiger charge is 2.12. The van der Waals surface area contributed by atoms with Crippen molar-refractivity contribution in [2.75, 3.05) is 6.61 Å². The molecule has 0 aliphatic heterocycles. The van der Waals surface area contributed by atoms with Gasteiger partial charge in [0.25, 0.3) is 5.56 Å². The Morgan fingerprint density at radius 2 is 1.96 bits per heavy atom. The number of hydrogen-bond donors (Lipinski definition) is 0. The molecular weight excluding hydrogens is 394 g/mol. The lowest BCUT2D eigenvalue weighted by molar-refractivity contribution is 0.309. The van der Waals surface area contributed by atoms with Gasteiger partial charge in [-0.2, -0.15) is 9.50 Å². The van der Waals surface area contributed by atoms with E-state index in [1.807, 2.05) is 42.5 Å². The van der Waals surface area contributed by atoms with Crippen LogP contribution < -0.4 is 14.8 Å². The Balaban J connectivity index is 1.71. The van der Waals surface area contributed by atoms with Crippen molar-refractivity contribution in [3.63, 3.8) is 0 Å². The molecule has 142 valence electrons. The van der Waals surface area contributed by atoms with Gasteiger partial charge in [-0.15, -0.1) is 5.10 Å². The van der Waals surface area contributed by atoms with Crippen molar-refractivity contribution in [1.82, 2.24) is 14.6 Å². The monoisotopic (exact) mass is 411 g/mol. The molecule has 0 unspecified atom stereocenters. The van der Waals surface area contributed by atoms with Crippen LogP contribution in [0.15, 0.2) is 53.3 Å². The number of fused-ring (bicyclic) bond motifs is 1. The maximum absolute atomic E-state index is 12.8. The van der Waals surface area contributed by atoms with Crippen LogP contribution >= 0.6 is 22.9 Å². The second kappa shape index (κ2) is 8.12. The van der Waals surface area contributed by atoms with Gasteiger partial charge >= 0.3 is 0 Å². The third-order valence-electron chi connectivity index (χ3n) is 4.25. The van der Waals surface area contributed by atoms with Crippen LogP contribution in [-0.2, 0) is 0 Å². The van der Waals surface area contributed by atoms with Crippen molar-refractivity contribution in [2.45, 2.75) is 19.8 Å². The molecule has 2 aromatic heterocycles. The van der Waals surface area contributed by atoms with Gasteiger partial charge in [-0.05, 0) is 42.8 Å². The maximum atomic E-state index is 12.8. The Bertz CT molecular complexity index is 1210. The first kappa shape index (κ1) is 18.7. The fraction of sp³-hybridized carbons (Fsp3) is 0.190. The largest absolute Gasteiger partial charge is 0.493 e. The van der Waals surface area contributed by atoms with E-state index in [-0.39, 0.29) is 5.56 Å². The van der Waals surface area contributed by atoms with E-state index < -0.39 is 0 Å². The number of unbranched alkanes of at least 4 members (excludes halogenated alkanes) is 1. The second-order valence-corrected chi connectivity index (χ2v) is 7.74. The standard InChI is InChI=1S/C21H18ClN3O2S/c1-2-3-12-27-17-7-5-4-6-15(17)13-18-20(26)25-21(28-18)23-19(24-25)14-8-10-16(22)11-9-14/h4-11,13H,2-3,12H2,1H3. The van der Waals surface area contributed by atoms with E-state index in [0.717, 1.165) is 29.7 Å². The minimum absolute atomic E-state index is 0.184. The SMILES string of the molecule is CCCCOc1ccccc1C=c1sc2nc(-c3ccc(Cl)cc3)nn2c1=O. The third-order valence-corrected chi connectivity index (χ3v) is 5.46. The van der Waals surface area contributed by atoms with E-state index in [4.69, 9.17) is 16.3 Å². The maximum Gasteiger partial charge on any atom is 0.291 e. The summed E-state index contributed by atoms with van der Waals surface area (Å²) < 4.78 is 7.78. The van der Waals surface area contributed by atoms with Crippen LogP contribution in [0.25, 0.3) is 22.4 Å². The first-order chi connectivity index (χ1) is 13.7. The molecule has 4 aromatic rings. The lowest BCUT2D eigenvalue weighted by Crippen LogP contribution is -2.23. The summed E-state index contributed by atoms with van der Waals surface area (Å²) in [7, 11) is 0. The van der Waals surface area contributed by atoms with Gasteiger partial charge in [0.05, 0.1) is 11.1 Å². The molecule has 0 aliphatic carbocycles. The van der Waals surface area contributed by atoms with Crippen LogP contribution in [0.4, 0.5) is 0 Å². The first-order valence-electron chi connectivity index (χ1n) is 9.05. The molecule has 0 atom stereocenters. The summed E-state index contributed by atoms with van der Waals surface area (Å²) in [6.45, 7) is 2.78. The van der Waals surface area contributed by atoms with Crippen molar-refractivity contribution >= 4 is 34.0 Å². The highest BCUT2D eigenvalue weighted by Crippen LogP contribution is 2.21. The first-order valence-corrected chi connectivity index (χ1v) is 10.2. The van der Waals surface area contributed by atoms with Gasteiger partial charge in [0.1, 0.15) is 5.75 Å². The molecule has 0 N–H and O–H groups in total. The molecule has 0 aliphatic rings. The van der Waals surface area contributed by atoms with Gasteiger partial charge in [-0.1, -0.05) is 54.5 Å². The molecule has 2 heterocycles. The molecule has 28 heavy (non-hydrogen) atoms. The van der Waals surface area contributed by atoms with Gasteiger partial charge in [0, 0.05) is 16.1 Å². The average molecular weight is 412 g/mol. The lowest BCUT2D eigenvalue weighted by atomic mass is 10.2. The molecule has 0 fully saturated rings. The number of benzene rings is 2. The van der Waals surface area contributed by atoms with Crippen molar-refractivity contribution in [3.8, 4) is 17.1 Å². The minimum Gasteiger partial charge on any atom is -0.493 e. The summed E-state index contributed by atoms with van der Waals surface area (Å²) in [5.41, 5.74) is 1.51. The summed E-state index contributed by atoms with van der Waals surface area (Å²) in [6.07, 6.45) is 3.90. The van der Waals surface area contributed by atoms with Gasteiger partial charge in [-0.25, -0.2) is 0 Å². The highest BCUT2D eigenvalue weighted by atomic mass is 35.5. The topological polar surface area (TPSA) is 56.5 Å². The van der Waals surface area contributed by atoms with E-state index in [0.29, 0.717) is 26.9 Å². The van der Waals surface area contributed by atoms with Crippen molar-refractivity contribution < 1.29 is 4.74 Å². The number of para-hydroxylation sites is 1. The van der Waals surface area contributed by atoms with E-state index in [2.05, 4.69) is 17.0 Å². The number of ether oxygens (including phenoxy) is 1. The highest BCUT2D eigenvalue weighted by molar-refractivity contribution is 7.15. The zero-order valence-electron chi connectivity index (χ0n) is 15.3. The number of nitrogens with zero attached hydrogens (tertiary/aromatic N) is 3. The van der Waals surface area contributed by atoms with Crippen LogP contribution in [0.2, 0.25) is 5.02 Å². The summed E-state index contributed by atoms with van der Waals surface area (Å²) in [5, 5.41) is 5.01. The van der Waals surface area contributed by atoms with Crippen molar-refractivity contribution in [1.29, 1.82) is 0 Å². The zero-order chi connectivity index (χ0) is 19.5. The molecule has 4 rings (SSSR count). The zero-order valence-corrected chi connectivity index (χ0v) is 16.8. The molecule has 0 bridgehead atoms. The Kier molecular flexibility index (Phi) is 5.41. The fourth-order valence-corrected chi connectivity index (χ4v) is 3.78. The quantitative estimate of drug-likeness (QED) is 0.446. The number of aromatic nitrogens is 3. The Morgan fingerprint density at radius 1 is 1.18 bits per heavy atom. The number of rotatable bonds is 6. The van der Waals surface area contributed by atoms with E-state index >= 15 is 0 Å². The molecule has 0 spiro atoms. The number of thiazole rings is 1. The van der Waals surface area contributed by atoms with Gasteiger partial charge < -0.3 is 4.74 Å². The third kappa shape index (κ3) is 3.79. The van der Waals surface area contributed by atoms with Crippen LogP contribution in [-0.4, -0.2) is 21.2 Å². The van der Waals surface area contributed by atoms with E-state index in [1.165, 1.54) is 15.9 Å². The van der Waals surface area contributed by atoms with Crippen LogP contribution in [0, 0.1) is 0 Å². The summed E-state index contributed by atoms with van der Waals surface area (Å²) in [4.78, 5) is 17.8. The Morgan fingerprint density at radius 3 is 2.71 bits per heavy atom. The normalized spacial score (nSPS) is 12.0. The summed E-state index contributed by atoms with van der Waals surface area (Å²) >= 11 is 7.24.